The highest BCUT2D eigenvalue weighted by Gasteiger charge is 2.16. The minimum Gasteiger partial charge on any atom is -0.454 e. The Morgan fingerprint density at radius 2 is 1.96 bits per heavy atom. The Morgan fingerprint density at radius 1 is 1.15 bits per heavy atom. The minimum atomic E-state index is 0.282. The first-order valence-electron chi connectivity index (χ1n) is 8.58. The maximum Gasteiger partial charge on any atom is 0.231 e. The lowest BCUT2D eigenvalue weighted by Crippen LogP contribution is -2.08. The van der Waals surface area contributed by atoms with Crippen molar-refractivity contribution >= 4 is 12.0 Å². The molecule has 26 heavy (non-hydrogen) atoms. The highest BCUT2D eigenvalue weighted by molar-refractivity contribution is 5.66. The number of fused-ring (bicyclic) bond motifs is 1. The van der Waals surface area contributed by atoms with Crippen molar-refractivity contribution in [2.24, 2.45) is 7.05 Å². The van der Waals surface area contributed by atoms with E-state index in [1.54, 1.807) is 0 Å². The lowest BCUT2D eigenvalue weighted by molar-refractivity contribution is 0.174. The molecular weight excluding hydrogens is 326 g/mol. The molecule has 3 aromatic rings. The number of imidazole rings is 1. The molecule has 5 nitrogen and oxygen atoms in total. The molecule has 0 fully saturated rings. The van der Waals surface area contributed by atoms with E-state index in [1.165, 1.54) is 11.1 Å². The van der Waals surface area contributed by atoms with Gasteiger partial charge in [-0.15, -0.1) is 0 Å². The second-order valence-corrected chi connectivity index (χ2v) is 6.35. The highest BCUT2D eigenvalue weighted by atomic mass is 16.7. The average molecular weight is 347 g/mol. The van der Waals surface area contributed by atoms with Gasteiger partial charge in [-0.1, -0.05) is 42.0 Å². The zero-order valence-corrected chi connectivity index (χ0v) is 14.9. The topological polar surface area (TPSA) is 48.3 Å². The van der Waals surface area contributed by atoms with Crippen molar-refractivity contribution < 1.29 is 9.47 Å². The van der Waals surface area contributed by atoms with E-state index in [0.717, 1.165) is 35.2 Å². The Morgan fingerprint density at radius 3 is 2.81 bits per heavy atom. The van der Waals surface area contributed by atoms with Gasteiger partial charge >= 0.3 is 0 Å². The fraction of sp³-hybridized carbons (Fsp3) is 0.190. The molecule has 0 saturated carbocycles. The van der Waals surface area contributed by atoms with Gasteiger partial charge in [0.2, 0.25) is 12.7 Å². The number of anilines is 1. The monoisotopic (exact) mass is 347 g/mol. The van der Waals surface area contributed by atoms with Gasteiger partial charge in [0.05, 0.1) is 11.9 Å². The van der Waals surface area contributed by atoms with Gasteiger partial charge in [0, 0.05) is 19.2 Å². The summed E-state index contributed by atoms with van der Waals surface area (Å²) in [6.45, 7) is 3.13. The molecule has 0 saturated heterocycles. The maximum absolute atomic E-state index is 5.47. The molecule has 5 heteroatoms. The van der Waals surface area contributed by atoms with Crippen LogP contribution >= 0.6 is 0 Å². The molecule has 0 atom stereocenters. The Labute approximate surface area is 152 Å². The number of nitrogens with zero attached hydrogens (tertiary/aromatic N) is 2. The van der Waals surface area contributed by atoms with Crippen molar-refractivity contribution in [3.63, 3.8) is 0 Å². The average Bonchev–Trinajstić information content (AvgIpc) is 3.26. The standard InChI is InChI=1S/C21H21N3O2/c1-15(10-16-6-4-3-5-7-16)12-22-21-23-13-18(24(21)2)17-8-9-19-20(11-17)26-14-25-19/h3-11,13H,12,14H2,1-2H3,(H,22,23)/b15-10+. The number of nitrogens with one attached hydrogen (secondary N) is 1. The first-order valence-corrected chi connectivity index (χ1v) is 8.58. The summed E-state index contributed by atoms with van der Waals surface area (Å²) in [7, 11) is 2.01. The first-order chi connectivity index (χ1) is 12.7. The first kappa shape index (κ1) is 16.3. The van der Waals surface area contributed by atoms with Crippen LogP contribution in [-0.2, 0) is 7.05 Å². The van der Waals surface area contributed by atoms with Crippen LogP contribution in [0.2, 0.25) is 0 Å². The van der Waals surface area contributed by atoms with Gasteiger partial charge in [-0.3, -0.25) is 0 Å². The SMILES string of the molecule is C/C(=C\c1ccccc1)CNc1ncc(-c2ccc3c(c2)OCO3)n1C. The Balaban J connectivity index is 1.48. The number of aromatic nitrogens is 2. The Bertz CT molecular complexity index is 945. The number of benzene rings is 2. The Hall–Kier alpha value is -3.21. The van der Waals surface area contributed by atoms with Crippen LogP contribution in [0.4, 0.5) is 5.95 Å². The van der Waals surface area contributed by atoms with E-state index < -0.39 is 0 Å². The van der Waals surface area contributed by atoms with Crippen LogP contribution in [0.3, 0.4) is 0 Å². The van der Waals surface area contributed by atoms with Gasteiger partial charge < -0.3 is 19.4 Å². The largest absolute Gasteiger partial charge is 0.454 e. The van der Waals surface area contributed by atoms with Crippen LogP contribution in [0.25, 0.3) is 17.3 Å². The highest BCUT2D eigenvalue weighted by Crippen LogP contribution is 2.36. The van der Waals surface area contributed by atoms with E-state index in [1.807, 2.05) is 54.2 Å². The van der Waals surface area contributed by atoms with Gasteiger partial charge in [0.25, 0.3) is 0 Å². The normalized spacial score (nSPS) is 13.1. The van der Waals surface area contributed by atoms with Crippen LogP contribution < -0.4 is 14.8 Å². The molecule has 0 aliphatic carbocycles. The molecule has 0 amide bonds. The van der Waals surface area contributed by atoms with Gasteiger partial charge in [-0.05, 0) is 30.7 Å². The summed E-state index contributed by atoms with van der Waals surface area (Å²) < 4.78 is 12.9. The molecule has 4 rings (SSSR count). The van der Waals surface area contributed by atoms with Crippen molar-refractivity contribution in [1.29, 1.82) is 0 Å². The second kappa shape index (κ2) is 6.96. The fourth-order valence-corrected chi connectivity index (χ4v) is 3.00. The number of hydrogen-bond acceptors (Lipinski definition) is 4. The van der Waals surface area contributed by atoms with Crippen molar-refractivity contribution in [3.05, 3.63) is 65.9 Å². The van der Waals surface area contributed by atoms with E-state index >= 15 is 0 Å². The van der Waals surface area contributed by atoms with Gasteiger partial charge in [-0.2, -0.15) is 0 Å². The molecule has 132 valence electrons. The van der Waals surface area contributed by atoms with Crippen molar-refractivity contribution in [3.8, 4) is 22.8 Å². The van der Waals surface area contributed by atoms with Crippen molar-refractivity contribution in [1.82, 2.24) is 9.55 Å². The summed E-state index contributed by atoms with van der Waals surface area (Å²) in [5.41, 5.74) is 4.51. The fourth-order valence-electron chi connectivity index (χ4n) is 3.00. The summed E-state index contributed by atoms with van der Waals surface area (Å²) in [6.07, 6.45) is 4.05. The predicted octanol–water partition coefficient (Wildman–Crippen LogP) is 4.33. The van der Waals surface area contributed by atoms with E-state index in [2.05, 4.69) is 35.4 Å². The maximum atomic E-state index is 5.47. The quantitative estimate of drug-likeness (QED) is 0.746. The smallest absolute Gasteiger partial charge is 0.231 e. The lowest BCUT2D eigenvalue weighted by Gasteiger charge is -2.09. The minimum absolute atomic E-state index is 0.282. The second-order valence-electron chi connectivity index (χ2n) is 6.35. The summed E-state index contributed by atoms with van der Waals surface area (Å²) in [5, 5.41) is 3.40. The zero-order chi connectivity index (χ0) is 17.9. The molecule has 1 aromatic heterocycles. The van der Waals surface area contributed by atoms with E-state index in [0.29, 0.717) is 0 Å². The molecule has 1 aliphatic heterocycles. The molecule has 2 aromatic carbocycles. The van der Waals surface area contributed by atoms with Gasteiger partial charge in [0.15, 0.2) is 11.5 Å². The van der Waals surface area contributed by atoms with Gasteiger partial charge in [0.1, 0.15) is 0 Å². The number of ether oxygens (including phenoxy) is 2. The molecule has 2 heterocycles. The van der Waals surface area contributed by atoms with Crippen LogP contribution in [0.15, 0.2) is 60.3 Å². The van der Waals surface area contributed by atoms with E-state index in [9.17, 15) is 0 Å². The van der Waals surface area contributed by atoms with Crippen LogP contribution in [0.5, 0.6) is 11.5 Å². The predicted molar refractivity (Wildman–Crippen MR) is 103 cm³/mol. The third-order valence-electron chi connectivity index (χ3n) is 4.39. The number of rotatable bonds is 5. The molecule has 1 N–H and O–H groups in total. The molecule has 0 radical (unpaired) electrons. The summed E-state index contributed by atoms with van der Waals surface area (Å²) >= 11 is 0. The molecule has 0 unspecified atom stereocenters. The summed E-state index contributed by atoms with van der Waals surface area (Å²) in [5.74, 6) is 2.40. The van der Waals surface area contributed by atoms with Gasteiger partial charge in [-0.25, -0.2) is 4.98 Å². The van der Waals surface area contributed by atoms with Crippen molar-refractivity contribution in [2.75, 3.05) is 18.7 Å². The Kier molecular flexibility index (Phi) is 4.35. The van der Waals surface area contributed by atoms with E-state index in [-0.39, 0.29) is 6.79 Å². The lowest BCUT2D eigenvalue weighted by atomic mass is 10.1. The summed E-state index contributed by atoms with van der Waals surface area (Å²) in [4.78, 5) is 4.52. The van der Waals surface area contributed by atoms with E-state index in [4.69, 9.17) is 9.47 Å². The van der Waals surface area contributed by atoms with Crippen LogP contribution in [0, 0.1) is 0 Å². The third-order valence-corrected chi connectivity index (χ3v) is 4.39. The van der Waals surface area contributed by atoms with Crippen LogP contribution in [0.1, 0.15) is 12.5 Å². The van der Waals surface area contributed by atoms with Crippen LogP contribution in [-0.4, -0.2) is 22.9 Å². The molecule has 0 bridgehead atoms. The number of hydrogen-bond donors (Lipinski definition) is 1. The molecular formula is C21H21N3O2. The molecule has 0 spiro atoms. The van der Waals surface area contributed by atoms with Crippen molar-refractivity contribution in [2.45, 2.75) is 6.92 Å². The third kappa shape index (κ3) is 3.28. The zero-order valence-electron chi connectivity index (χ0n) is 14.9. The summed E-state index contributed by atoms with van der Waals surface area (Å²) in [6, 6.07) is 16.3. The molecule has 1 aliphatic rings.